The van der Waals surface area contributed by atoms with Crippen LogP contribution in [0.3, 0.4) is 0 Å². The molecule has 0 bridgehead atoms. The highest BCUT2D eigenvalue weighted by Gasteiger charge is 2.37. The SMILES string of the molecule is COC(=O)[C@H](Cc1ccc(O)cc1)NC(=O)[C@H](CCC(N)=O)NC(=O)[C@@H]1CCCN1C(=O)CNC(=O)[C@H](CC(C)C)NC(=O)[C@H](Cc1ccc(O)cc1)NC(=O)[C@@H](N)CCCCN. The smallest absolute Gasteiger partial charge is 0.328 e. The molecule has 2 aromatic rings. The number of ether oxygens (including phenoxy) is 1. The van der Waals surface area contributed by atoms with Crippen molar-refractivity contribution in [3.8, 4) is 11.5 Å². The molecule has 1 fully saturated rings. The van der Waals surface area contributed by atoms with E-state index in [2.05, 4.69) is 26.6 Å². The third-order valence-electron chi connectivity index (χ3n) is 10.4. The first-order chi connectivity index (χ1) is 29.9. The van der Waals surface area contributed by atoms with Gasteiger partial charge in [-0.05, 0) is 86.4 Å². The zero-order valence-electron chi connectivity index (χ0n) is 36.1. The number of nitrogens with zero attached hydrogens (tertiary/aromatic N) is 1. The number of esters is 1. The Morgan fingerprint density at radius 1 is 0.746 bits per heavy atom. The Balaban J connectivity index is 1.70. The Labute approximate surface area is 366 Å². The van der Waals surface area contributed by atoms with E-state index in [1.54, 1.807) is 24.3 Å². The number of aromatic hydroxyl groups is 2. The van der Waals surface area contributed by atoms with E-state index in [0.717, 1.165) is 7.11 Å². The monoisotopic (exact) mass is 881 g/mol. The Kier molecular flexibility index (Phi) is 20.8. The zero-order chi connectivity index (χ0) is 46.6. The van der Waals surface area contributed by atoms with Crippen LogP contribution in [0.25, 0.3) is 0 Å². The predicted octanol–water partition coefficient (Wildman–Crippen LogP) is -1.13. The fourth-order valence-electron chi connectivity index (χ4n) is 6.99. The van der Waals surface area contributed by atoms with E-state index in [9.17, 15) is 48.6 Å². The van der Waals surface area contributed by atoms with Gasteiger partial charge in [0.25, 0.3) is 0 Å². The number of amides is 7. The first-order valence-electron chi connectivity index (χ1n) is 21.1. The zero-order valence-corrected chi connectivity index (χ0v) is 36.1. The molecular formula is C43H63N9O11. The van der Waals surface area contributed by atoms with Gasteiger partial charge in [0.15, 0.2) is 0 Å². The minimum atomic E-state index is -1.34. The molecule has 1 aliphatic rings. The molecule has 13 N–H and O–H groups in total. The molecule has 0 unspecified atom stereocenters. The van der Waals surface area contributed by atoms with Gasteiger partial charge in [-0.15, -0.1) is 0 Å². The number of carbonyl (C=O) groups excluding carboxylic acids is 8. The summed E-state index contributed by atoms with van der Waals surface area (Å²) < 4.78 is 4.86. The number of rotatable bonds is 25. The first kappa shape index (κ1) is 51.1. The molecule has 346 valence electrons. The lowest BCUT2D eigenvalue weighted by Crippen LogP contribution is -2.58. The fourth-order valence-corrected chi connectivity index (χ4v) is 6.99. The van der Waals surface area contributed by atoms with Gasteiger partial charge < -0.3 is 63.6 Å². The van der Waals surface area contributed by atoms with Crippen molar-refractivity contribution in [1.29, 1.82) is 0 Å². The van der Waals surface area contributed by atoms with E-state index in [1.807, 2.05) is 13.8 Å². The fraction of sp³-hybridized carbons (Fsp3) is 0.535. The normalized spacial score (nSPS) is 15.8. The van der Waals surface area contributed by atoms with Gasteiger partial charge in [-0.25, -0.2) is 4.79 Å². The van der Waals surface area contributed by atoms with Crippen LogP contribution in [-0.2, 0) is 55.9 Å². The third kappa shape index (κ3) is 17.2. The summed E-state index contributed by atoms with van der Waals surface area (Å²) in [5.41, 5.74) is 18.2. The van der Waals surface area contributed by atoms with Crippen LogP contribution in [0, 0.1) is 5.92 Å². The van der Waals surface area contributed by atoms with Crippen molar-refractivity contribution < 1.29 is 53.3 Å². The Morgan fingerprint density at radius 3 is 1.86 bits per heavy atom. The van der Waals surface area contributed by atoms with Crippen molar-refractivity contribution >= 4 is 47.3 Å². The van der Waals surface area contributed by atoms with Gasteiger partial charge in [0.05, 0.1) is 19.7 Å². The molecule has 2 aromatic carbocycles. The highest BCUT2D eigenvalue weighted by molar-refractivity contribution is 5.96. The largest absolute Gasteiger partial charge is 0.508 e. The van der Waals surface area contributed by atoms with Gasteiger partial charge in [0.1, 0.15) is 41.7 Å². The van der Waals surface area contributed by atoms with Crippen molar-refractivity contribution in [2.75, 3.05) is 26.7 Å². The van der Waals surface area contributed by atoms with E-state index in [-0.39, 0.29) is 62.5 Å². The molecule has 0 aromatic heterocycles. The van der Waals surface area contributed by atoms with Crippen LogP contribution in [0.5, 0.6) is 11.5 Å². The van der Waals surface area contributed by atoms with E-state index in [4.69, 9.17) is 21.9 Å². The first-order valence-corrected chi connectivity index (χ1v) is 21.1. The van der Waals surface area contributed by atoms with Crippen molar-refractivity contribution in [3.63, 3.8) is 0 Å². The van der Waals surface area contributed by atoms with Crippen LogP contribution < -0.4 is 43.8 Å². The molecule has 1 heterocycles. The maximum atomic E-state index is 13.8. The van der Waals surface area contributed by atoms with Crippen molar-refractivity contribution in [2.24, 2.45) is 23.1 Å². The number of benzene rings is 2. The number of likely N-dealkylation sites (tertiary alicyclic amines) is 1. The van der Waals surface area contributed by atoms with E-state index < -0.39 is 90.1 Å². The second-order valence-electron chi connectivity index (χ2n) is 16.0. The molecule has 6 atom stereocenters. The van der Waals surface area contributed by atoms with E-state index in [0.29, 0.717) is 43.4 Å². The van der Waals surface area contributed by atoms with Crippen LogP contribution in [-0.4, -0.2) is 125 Å². The van der Waals surface area contributed by atoms with Gasteiger partial charge in [0.2, 0.25) is 41.4 Å². The standard InChI is InChI=1S/C43H63N9O11/c1-25(2)21-32(50-41(60)33(22-26-9-13-28(53)14-10-26)49-38(57)30(45)7-4-5-19-44)39(58)47-24-37(56)52-20-6-8-35(52)42(61)48-31(17-18-36(46)55)40(59)51-34(43(62)63-3)23-27-11-15-29(54)16-12-27/h9-16,25,30-35,53-54H,4-8,17-24,44-45H2,1-3H3,(H2,46,55)(H,47,58)(H,48,61)(H,49,57)(H,50,60)(H,51,59)/t30-,31-,32-,33-,34-,35-/m0/s1. The number of hydrogen-bond acceptors (Lipinski definition) is 13. The van der Waals surface area contributed by atoms with Gasteiger partial charge in [-0.2, -0.15) is 0 Å². The number of hydrogen-bond donors (Lipinski definition) is 10. The molecule has 20 heteroatoms. The number of nitrogens with two attached hydrogens (primary N) is 3. The van der Waals surface area contributed by atoms with Crippen LogP contribution in [0.1, 0.15) is 76.3 Å². The highest BCUT2D eigenvalue weighted by atomic mass is 16.5. The molecule has 20 nitrogen and oxygen atoms in total. The number of nitrogens with one attached hydrogen (secondary N) is 5. The number of unbranched alkanes of at least 4 members (excludes halogenated alkanes) is 1. The van der Waals surface area contributed by atoms with Crippen LogP contribution in [0.15, 0.2) is 48.5 Å². The predicted molar refractivity (Wildman–Crippen MR) is 230 cm³/mol. The van der Waals surface area contributed by atoms with Gasteiger partial charge >= 0.3 is 5.97 Å². The molecule has 1 aliphatic heterocycles. The lowest BCUT2D eigenvalue weighted by atomic mass is 10.0. The second kappa shape index (κ2) is 25.6. The lowest BCUT2D eigenvalue weighted by molar-refractivity contribution is -0.145. The molecule has 1 saturated heterocycles. The minimum absolute atomic E-state index is 0.000266. The third-order valence-corrected chi connectivity index (χ3v) is 10.4. The summed E-state index contributed by atoms with van der Waals surface area (Å²) in [6.45, 7) is 3.72. The summed E-state index contributed by atoms with van der Waals surface area (Å²) >= 11 is 0. The Bertz CT molecular complexity index is 1880. The molecule has 0 saturated carbocycles. The van der Waals surface area contributed by atoms with Gasteiger partial charge in [-0.3, -0.25) is 33.6 Å². The van der Waals surface area contributed by atoms with Crippen molar-refractivity contribution in [2.45, 2.75) is 114 Å². The molecule has 3 rings (SSSR count). The molecule has 63 heavy (non-hydrogen) atoms. The second-order valence-corrected chi connectivity index (χ2v) is 16.0. The van der Waals surface area contributed by atoms with Crippen LogP contribution >= 0.6 is 0 Å². The van der Waals surface area contributed by atoms with Gasteiger partial charge in [-0.1, -0.05) is 44.5 Å². The summed E-state index contributed by atoms with van der Waals surface area (Å²) in [4.78, 5) is 107. The molecule has 0 aliphatic carbocycles. The lowest BCUT2D eigenvalue weighted by Gasteiger charge is -2.28. The quantitative estimate of drug-likeness (QED) is 0.0418. The van der Waals surface area contributed by atoms with Gasteiger partial charge in [0, 0.05) is 25.8 Å². The Hall–Kier alpha value is -6.28. The summed E-state index contributed by atoms with van der Waals surface area (Å²) in [7, 11) is 1.14. The topological polar surface area (TPSA) is 328 Å². The number of methoxy groups -OCH3 is 1. The number of phenolic OH excluding ortho intramolecular Hbond substituents is 2. The number of phenols is 2. The Morgan fingerprint density at radius 2 is 1.30 bits per heavy atom. The molecule has 0 radical (unpaired) electrons. The number of primary amides is 1. The minimum Gasteiger partial charge on any atom is -0.508 e. The van der Waals surface area contributed by atoms with Crippen LogP contribution in [0.2, 0.25) is 0 Å². The maximum absolute atomic E-state index is 13.8. The summed E-state index contributed by atoms with van der Waals surface area (Å²) in [5.74, 6) is -5.68. The summed E-state index contributed by atoms with van der Waals surface area (Å²) in [5, 5.41) is 32.5. The van der Waals surface area contributed by atoms with E-state index >= 15 is 0 Å². The average Bonchev–Trinajstić information content (AvgIpc) is 3.75. The summed E-state index contributed by atoms with van der Waals surface area (Å²) in [6.07, 6.45) is 1.90. The highest BCUT2D eigenvalue weighted by Crippen LogP contribution is 2.19. The summed E-state index contributed by atoms with van der Waals surface area (Å²) in [6, 6.07) is 5.21. The van der Waals surface area contributed by atoms with E-state index in [1.165, 1.54) is 29.2 Å². The molecular weight excluding hydrogens is 819 g/mol. The number of carbonyl (C=O) groups is 8. The van der Waals surface area contributed by atoms with Crippen molar-refractivity contribution in [3.05, 3.63) is 59.7 Å². The van der Waals surface area contributed by atoms with Crippen molar-refractivity contribution in [1.82, 2.24) is 31.5 Å². The molecule has 0 spiro atoms. The maximum Gasteiger partial charge on any atom is 0.328 e. The van der Waals surface area contributed by atoms with Crippen LogP contribution in [0.4, 0.5) is 0 Å². The average molecular weight is 882 g/mol. The molecule has 7 amide bonds.